The lowest BCUT2D eigenvalue weighted by atomic mass is 10.1. The highest BCUT2D eigenvalue weighted by Gasteiger charge is 2.23. The normalized spacial score (nSPS) is 14.1. The molecule has 0 N–H and O–H groups in total. The molecule has 3 nitrogen and oxygen atoms in total. The van der Waals surface area contributed by atoms with E-state index < -0.39 is 6.80 Å². The molecule has 0 amide bonds. The van der Waals surface area contributed by atoms with Gasteiger partial charge < -0.3 is 9.05 Å². The van der Waals surface area contributed by atoms with E-state index in [-0.39, 0.29) is 0 Å². The maximum atomic E-state index is 12.0. The summed E-state index contributed by atoms with van der Waals surface area (Å²) in [5.41, 5.74) is 1.25. The topological polar surface area (TPSA) is 35.5 Å². The van der Waals surface area contributed by atoms with Crippen molar-refractivity contribution in [2.45, 2.75) is 19.8 Å². The first kappa shape index (κ1) is 15.9. The fourth-order valence-electron chi connectivity index (χ4n) is 1.41. The molecule has 0 bridgehead atoms. The van der Waals surface area contributed by atoms with Crippen LogP contribution in [-0.4, -0.2) is 17.9 Å². The minimum Gasteiger partial charge on any atom is -0.301 e. The minimum atomic E-state index is -3.08. The van der Waals surface area contributed by atoms with Gasteiger partial charge in [0.15, 0.2) is 0 Å². The number of hydrogen-bond donors (Lipinski definition) is 0. The molecule has 6 heteroatoms. The molecule has 100 valence electrons. The van der Waals surface area contributed by atoms with Crippen LogP contribution < -0.4 is 0 Å². The predicted molar refractivity (Wildman–Crippen MR) is 81.2 cm³/mol. The monoisotopic (exact) mass is 304 g/mol. The van der Waals surface area contributed by atoms with Gasteiger partial charge in [0.25, 0.3) is 0 Å². The van der Waals surface area contributed by atoms with Gasteiger partial charge in [0, 0.05) is 4.70 Å². The first-order valence-electron chi connectivity index (χ1n) is 5.75. The van der Waals surface area contributed by atoms with Crippen molar-refractivity contribution >= 4 is 35.1 Å². The summed E-state index contributed by atoms with van der Waals surface area (Å²) in [6.45, 7) is -0.544. The summed E-state index contributed by atoms with van der Waals surface area (Å²) < 4.78 is 23.8. The van der Waals surface area contributed by atoms with E-state index >= 15 is 0 Å². The third-order valence-electron chi connectivity index (χ3n) is 2.16. The number of aryl methyl sites for hydroxylation is 1. The van der Waals surface area contributed by atoms with E-state index in [9.17, 15) is 4.57 Å². The number of thiocarbonyl (C=S) groups is 1. The zero-order valence-electron chi connectivity index (χ0n) is 10.3. The molecule has 0 saturated heterocycles. The molecule has 18 heavy (non-hydrogen) atoms. The second-order valence-corrected chi connectivity index (χ2v) is 7.85. The number of hydrogen-bond acceptors (Lipinski definition) is 5. The van der Waals surface area contributed by atoms with Crippen LogP contribution in [0.1, 0.15) is 18.9 Å². The summed E-state index contributed by atoms with van der Waals surface area (Å²) in [5, 5.41) is 0. The van der Waals surface area contributed by atoms with Crippen LogP contribution in [0.25, 0.3) is 0 Å². The fraction of sp³-hybridized carbons (Fsp3) is 0.417. The van der Waals surface area contributed by atoms with Crippen molar-refractivity contribution in [1.29, 1.82) is 0 Å². The lowest BCUT2D eigenvalue weighted by Gasteiger charge is -2.14. The van der Waals surface area contributed by atoms with Gasteiger partial charge in [-0.05, 0) is 36.7 Å². The second kappa shape index (κ2) is 8.83. The average Bonchev–Trinajstić information content (AvgIpc) is 2.37. The first-order chi connectivity index (χ1) is 8.70. The van der Waals surface area contributed by atoms with Crippen molar-refractivity contribution in [3.8, 4) is 0 Å². The number of rotatable bonds is 9. The van der Waals surface area contributed by atoms with Crippen LogP contribution >= 0.6 is 30.4 Å². The Kier molecular flexibility index (Phi) is 7.79. The molecule has 0 spiro atoms. The maximum Gasteiger partial charge on any atom is 0.394 e. The molecule has 1 unspecified atom stereocenters. The molecule has 1 aromatic rings. The Hall–Kier alpha value is -0.190. The third-order valence-corrected chi connectivity index (χ3v) is 6.02. The molecule has 0 aliphatic heterocycles. The van der Waals surface area contributed by atoms with Crippen molar-refractivity contribution in [3.05, 3.63) is 35.9 Å². The molecule has 0 heterocycles. The van der Waals surface area contributed by atoms with Crippen LogP contribution in [0, 0.1) is 0 Å². The molecule has 1 rings (SSSR count). The van der Waals surface area contributed by atoms with Crippen LogP contribution in [0.4, 0.5) is 0 Å². The summed E-state index contributed by atoms with van der Waals surface area (Å²) in [5.74, 6) is 0. The average molecular weight is 304 g/mol. The molecular formula is C12H17O3PS2. The van der Waals surface area contributed by atoms with Crippen LogP contribution in [-0.2, 0) is 20.0 Å². The molecule has 0 fully saturated rings. The molecule has 0 aliphatic carbocycles. The van der Waals surface area contributed by atoms with Gasteiger partial charge in [-0.15, -0.1) is 0 Å². The minimum absolute atomic E-state index is 0.353. The van der Waals surface area contributed by atoms with Crippen molar-refractivity contribution in [3.63, 3.8) is 0 Å². The van der Waals surface area contributed by atoms with Gasteiger partial charge >= 0.3 is 6.80 Å². The van der Waals surface area contributed by atoms with E-state index in [1.165, 1.54) is 10.3 Å². The molecule has 1 aromatic carbocycles. The summed E-state index contributed by atoms with van der Waals surface area (Å²) in [4.78, 5) is 0. The summed E-state index contributed by atoms with van der Waals surface area (Å²) >= 11 is 5.63. The first-order valence-corrected chi connectivity index (χ1v) is 9.25. The molecular weight excluding hydrogens is 287 g/mol. The van der Waals surface area contributed by atoms with Crippen LogP contribution in [0.3, 0.4) is 0 Å². The Balaban J connectivity index is 2.31. The molecule has 0 aromatic heterocycles. The van der Waals surface area contributed by atoms with Crippen molar-refractivity contribution in [2.75, 3.05) is 13.2 Å². The highest BCUT2D eigenvalue weighted by molar-refractivity contribution is 8.63. The third kappa shape index (κ3) is 6.12. The lowest BCUT2D eigenvalue weighted by Crippen LogP contribution is -1.97. The zero-order chi connectivity index (χ0) is 13.3. The Morgan fingerprint density at radius 3 is 2.67 bits per heavy atom. The Labute approximate surface area is 118 Å². The van der Waals surface area contributed by atoms with Crippen LogP contribution in [0.5, 0.6) is 0 Å². The van der Waals surface area contributed by atoms with E-state index in [0.717, 1.165) is 24.2 Å². The van der Waals surface area contributed by atoms with E-state index in [1.54, 1.807) is 6.92 Å². The molecule has 1 atom stereocenters. The van der Waals surface area contributed by atoms with E-state index in [1.807, 2.05) is 18.2 Å². The van der Waals surface area contributed by atoms with Crippen molar-refractivity contribution in [2.24, 2.45) is 0 Å². The molecule has 0 radical (unpaired) electrons. The van der Waals surface area contributed by atoms with Gasteiger partial charge in [-0.3, -0.25) is 0 Å². The van der Waals surface area contributed by atoms with Gasteiger partial charge in [-0.25, -0.2) is 4.57 Å². The van der Waals surface area contributed by atoms with Crippen molar-refractivity contribution < 1.29 is 13.6 Å². The lowest BCUT2D eigenvalue weighted by molar-refractivity contribution is 0.226. The maximum absolute atomic E-state index is 12.0. The molecule has 0 saturated carbocycles. The van der Waals surface area contributed by atoms with Gasteiger partial charge in [-0.1, -0.05) is 42.5 Å². The van der Waals surface area contributed by atoms with E-state index in [2.05, 4.69) is 24.4 Å². The second-order valence-electron chi connectivity index (χ2n) is 3.49. The van der Waals surface area contributed by atoms with E-state index in [0.29, 0.717) is 13.2 Å². The van der Waals surface area contributed by atoms with E-state index in [4.69, 9.17) is 9.05 Å². The smallest absolute Gasteiger partial charge is 0.301 e. The fourth-order valence-corrected chi connectivity index (χ4v) is 4.55. The Bertz CT molecular complexity index is 398. The summed E-state index contributed by atoms with van der Waals surface area (Å²) in [7, 11) is 0. The SMILES string of the molecule is CCOP(=O)(OCCCc1ccccc1)SC=S. The molecule has 0 aliphatic rings. The van der Waals surface area contributed by atoms with Crippen LogP contribution in [0.2, 0.25) is 0 Å². The standard InChI is InChI=1S/C12H17O3PS2/c1-2-14-16(13,18-11-17)15-10-6-9-12-7-4-3-5-8-12/h3-5,7-8,11H,2,6,9-10H2,1H3. The van der Waals surface area contributed by atoms with Gasteiger partial charge in [0.1, 0.15) is 0 Å². The largest absolute Gasteiger partial charge is 0.394 e. The highest BCUT2D eigenvalue weighted by atomic mass is 32.7. The van der Waals surface area contributed by atoms with Gasteiger partial charge in [0.2, 0.25) is 0 Å². The predicted octanol–water partition coefficient (Wildman–Crippen LogP) is 4.47. The van der Waals surface area contributed by atoms with Gasteiger partial charge in [-0.2, -0.15) is 0 Å². The Morgan fingerprint density at radius 2 is 2.06 bits per heavy atom. The van der Waals surface area contributed by atoms with Crippen LogP contribution in [0.15, 0.2) is 30.3 Å². The highest BCUT2D eigenvalue weighted by Crippen LogP contribution is 2.59. The zero-order valence-corrected chi connectivity index (χ0v) is 12.8. The van der Waals surface area contributed by atoms with Crippen molar-refractivity contribution in [1.82, 2.24) is 0 Å². The quantitative estimate of drug-likeness (QED) is 0.382. The number of benzene rings is 1. The summed E-state index contributed by atoms with van der Waals surface area (Å²) in [6, 6.07) is 10.1. The Morgan fingerprint density at radius 1 is 1.33 bits per heavy atom. The summed E-state index contributed by atoms with van der Waals surface area (Å²) in [6.07, 6.45) is 1.70. The van der Waals surface area contributed by atoms with Gasteiger partial charge in [0.05, 0.1) is 13.2 Å².